The zero-order chi connectivity index (χ0) is 30.9. The number of furan rings is 1. The van der Waals surface area contributed by atoms with Crippen molar-refractivity contribution in [3.8, 4) is 11.1 Å². The minimum absolute atomic E-state index is 0.910. The van der Waals surface area contributed by atoms with Crippen LogP contribution in [0.2, 0.25) is 0 Å². The van der Waals surface area contributed by atoms with Gasteiger partial charge in [-0.05, 0) is 93.3 Å². The third-order valence-corrected chi connectivity index (χ3v) is 10.6. The van der Waals surface area contributed by atoms with Gasteiger partial charge in [-0.3, -0.25) is 0 Å². The molecule has 0 spiro atoms. The molecule has 0 aliphatic carbocycles. The van der Waals surface area contributed by atoms with E-state index in [0.717, 1.165) is 38.7 Å². The summed E-state index contributed by atoms with van der Waals surface area (Å²) in [4.78, 5) is 2.41. The summed E-state index contributed by atoms with van der Waals surface area (Å²) in [5, 5.41) is 9.71. The van der Waals surface area contributed by atoms with Gasteiger partial charge >= 0.3 is 0 Å². The van der Waals surface area contributed by atoms with Crippen molar-refractivity contribution in [1.82, 2.24) is 0 Å². The summed E-state index contributed by atoms with van der Waals surface area (Å²) in [7, 11) is 0. The standard InChI is InChI=1S/C44H27NOS/c1-2-11-34-28(9-1)10-7-14-35(34)29-19-22-32(23-20-29)45(39-15-8-18-43-44(39)37-13-4-6-17-42(37)47-43)33-24-21-30-26-38-36-12-3-5-16-40(36)46-41(38)27-31(30)25-33/h1-27H. The highest BCUT2D eigenvalue weighted by Crippen LogP contribution is 2.46. The van der Waals surface area contributed by atoms with Crippen LogP contribution in [0.3, 0.4) is 0 Å². The number of para-hydroxylation sites is 1. The average Bonchev–Trinajstić information content (AvgIpc) is 3.69. The van der Waals surface area contributed by atoms with Crippen molar-refractivity contribution in [3.63, 3.8) is 0 Å². The monoisotopic (exact) mass is 617 g/mol. The molecule has 0 radical (unpaired) electrons. The molecule has 8 aromatic carbocycles. The molecule has 47 heavy (non-hydrogen) atoms. The van der Waals surface area contributed by atoms with E-state index in [9.17, 15) is 0 Å². The summed E-state index contributed by atoms with van der Waals surface area (Å²) in [5.74, 6) is 0. The number of hydrogen-bond donors (Lipinski definition) is 0. The molecule has 2 nitrogen and oxygen atoms in total. The van der Waals surface area contributed by atoms with Gasteiger partial charge in [-0.15, -0.1) is 11.3 Å². The maximum atomic E-state index is 6.30. The summed E-state index contributed by atoms with van der Waals surface area (Å²) < 4.78 is 8.88. The molecule has 0 bridgehead atoms. The summed E-state index contributed by atoms with van der Waals surface area (Å²) in [6.07, 6.45) is 0. The Morgan fingerprint density at radius 3 is 2.06 bits per heavy atom. The Bertz CT molecular complexity index is 2800. The molecule has 2 aromatic heterocycles. The average molecular weight is 618 g/mol. The normalized spacial score (nSPS) is 11.8. The van der Waals surface area contributed by atoms with Crippen molar-refractivity contribution in [2.45, 2.75) is 0 Å². The van der Waals surface area contributed by atoms with E-state index in [1.165, 1.54) is 53.1 Å². The third-order valence-electron chi connectivity index (χ3n) is 9.43. The van der Waals surface area contributed by atoms with Gasteiger partial charge in [-0.1, -0.05) is 103 Å². The number of anilines is 3. The maximum Gasteiger partial charge on any atom is 0.136 e. The topological polar surface area (TPSA) is 16.4 Å². The van der Waals surface area contributed by atoms with Crippen LogP contribution >= 0.6 is 11.3 Å². The molecule has 220 valence electrons. The summed E-state index contributed by atoms with van der Waals surface area (Å²) in [5.41, 5.74) is 7.66. The lowest BCUT2D eigenvalue weighted by molar-refractivity contribution is 0.669. The number of rotatable bonds is 4. The SMILES string of the molecule is c1ccc2c(-c3ccc(N(c4ccc5cc6c(cc5c4)oc4ccccc46)c4cccc5sc6ccccc6c45)cc3)cccc2c1. The van der Waals surface area contributed by atoms with E-state index in [1.807, 2.05) is 23.5 Å². The minimum atomic E-state index is 0.910. The fraction of sp³-hybridized carbons (Fsp3) is 0. The van der Waals surface area contributed by atoms with E-state index >= 15 is 0 Å². The first-order chi connectivity index (χ1) is 23.3. The summed E-state index contributed by atoms with van der Waals surface area (Å²) >= 11 is 1.85. The molecule has 3 heteroatoms. The van der Waals surface area contributed by atoms with Crippen molar-refractivity contribution >= 4 is 92.1 Å². The van der Waals surface area contributed by atoms with E-state index in [2.05, 4.69) is 157 Å². The van der Waals surface area contributed by atoms with Gasteiger partial charge in [-0.2, -0.15) is 0 Å². The molecule has 10 aromatic rings. The lowest BCUT2D eigenvalue weighted by Gasteiger charge is -2.27. The van der Waals surface area contributed by atoms with Crippen molar-refractivity contribution < 1.29 is 4.42 Å². The van der Waals surface area contributed by atoms with Crippen LogP contribution < -0.4 is 4.90 Å². The van der Waals surface area contributed by atoms with Crippen LogP contribution in [0.4, 0.5) is 17.1 Å². The number of fused-ring (bicyclic) bond motifs is 8. The highest BCUT2D eigenvalue weighted by molar-refractivity contribution is 7.26. The zero-order valence-corrected chi connectivity index (χ0v) is 26.2. The summed E-state index contributed by atoms with van der Waals surface area (Å²) in [6.45, 7) is 0. The van der Waals surface area contributed by atoms with Gasteiger partial charge in [0, 0.05) is 42.3 Å². The largest absolute Gasteiger partial charge is 0.456 e. The van der Waals surface area contributed by atoms with Crippen LogP contribution in [0.25, 0.3) is 74.8 Å². The van der Waals surface area contributed by atoms with Gasteiger partial charge in [0.1, 0.15) is 11.2 Å². The first-order valence-electron chi connectivity index (χ1n) is 15.9. The first-order valence-corrected chi connectivity index (χ1v) is 16.7. The van der Waals surface area contributed by atoms with Crippen LogP contribution in [0.15, 0.2) is 168 Å². The highest BCUT2D eigenvalue weighted by atomic mass is 32.1. The Labute approximate surface area is 275 Å². The van der Waals surface area contributed by atoms with Crippen LogP contribution in [0, 0.1) is 0 Å². The van der Waals surface area contributed by atoms with Crippen LogP contribution in [-0.4, -0.2) is 0 Å². The second-order valence-electron chi connectivity index (χ2n) is 12.1. The first kappa shape index (κ1) is 26.3. The predicted molar refractivity (Wildman–Crippen MR) is 202 cm³/mol. The summed E-state index contributed by atoms with van der Waals surface area (Å²) in [6, 6.07) is 59.1. The minimum Gasteiger partial charge on any atom is -0.456 e. The van der Waals surface area contributed by atoms with Crippen LogP contribution in [-0.2, 0) is 0 Å². The van der Waals surface area contributed by atoms with E-state index < -0.39 is 0 Å². The van der Waals surface area contributed by atoms with Gasteiger partial charge in [0.2, 0.25) is 0 Å². The fourth-order valence-electron chi connectivity index (χ4n) is 7.23. The Kier molecular flexibility index (Phi) is 5.78. The molecule has 0 atom stereocenters. The fourth-order valence-corrected chi connectivity index (χ4v) is 8.36. The van der Waals surface area contributed by atoms with Gasteiger partial charge in [0.05, 0.1) is 5.69 Å². The number of thiophene rings is 1. The molecule has 2 heterocycles. The molecule has 0 N–H and O–H groups in total. The zero-order valence-electron chi connectivity index (χ0n) is 25.4. The molecule has 0 aliphatic rings. The molecule has 10 rings (SSSR count). The molecule has 0 saturated heterocycles. The Hall–Kier alpha value is -5.90. The molecular weight excluding hydrogens is 591 g/mol. The van der Waals surface area contributed by atoms with Gasteiger partial charge in [-0.25, -0.2) is 0 Å². The predicted octanol–water partition coefficient (Wildman–Crippen LogP) is 13.4. The van der Waals surface area contributed by atoms with Crippen molar-refractivity contribution in [2.24, 2.45) is 0 Å². The molecule has 0 unspecified atom stereocenters. The highest BCUT2D eigenvalue weighted by Gasteiger charge is 2.19. The van der Waals surface area contributed by atoms with Gasteiger partial charge < -0.3 is 9.32 Å². The van der Waals surface area contributed by atoms with Crippen LogP contribution in [0.5, 0.6) is 0 Å². The smallest absolute Gasteiger partial charge is 0.136 e. The molecule has 0 fully saturated rings. The number of benzene rings is 8. The van der Waals surface area contributed by atoms with E-state index in [4.69, 9.17) is 4.42 Å². The lowest BCUT2D eigenvalue weighted by Crippen LogP contribution is -2.10. The van der Waals surface area contributed by atoms with Gasteiger partial charge in [0.25, 0.3) is 0 Å². The molecular formula is C44H27NOS. The quantitative estimate of drug-likeness (QED) is 0.195. The van der Waals surface area contributed by atoms with E-state index in [1.54, 1.807) is 0 Å². The van der Waals surface area contributed by atoms with Crippen molar-refractivity contribution in [1.29, 1.82) is 0 Å². The number of hydrogen-bond acceptors (Lipinski definition) is 3. The van der Waals surface area contributed by atoms with Gasteiger partial charge in [0.15, 0.2) is 0 Å². The Balaban J connectivity index is 1.19. The Morgan fingerprint density at radius 2 is 1.15 bits per heavy atom. The molecule has 0 saturated carbocycles. The second-order valence-corrected chi connectivity index (χ2v) is 13.2. The second kappa shape index (κ2) is 10.3. The van der Waals surface area contributed by atoms with E-state index in [0.29, 0.717) is 0 Å². The molecule has 0 amide bonds. The van der Waals surface area contributed by atoms with Crippen LogP contribution in [0.1, 0.15) is 0 Å². The number of nitrogens with zero attached hydrogens (tertiary/aromatic N) is 1. The van der Waals surface area contributed by atoms with E-state index in [-0.39, 0.29) is 0 Å². The Morgan fingerprint density at radius 1 is 0.426 bits per heavy atom. The third kappa shape index (κ3) is 4.17. The van der Waals surface area contributed by atoms with Crippen molar-refractivity contribution in [3.05, 3.63) is 164 Å². The lowest BCUT2D eigenvalue weighted by atomic mass is 9.98. The van der Waals surface area contributed by atoms with Crippen molar-refractivity contribution in [2.75, 3.05) is 4.90 Å². The maximum absolute atomic E-state index is 6.30. The molecule has 0 aliphatic heterocycles.